The average Bonchev–Trinajstić information content (AvgIpc) is 3.07. The van der Waals surface area contributed by atoms with Gasteiger partial charge in [0, 0.05) is 10.6 Å². The van der Waals surface area contributed by atoms with Crippen LogP contribution in [0.15, 0.2) is 77.7 Å². The van der Waals surface area contributed by atoms with Crippen LogP contribution in [0.3, 0.4) is 0 Å². The lowest BCUT2D eigenvalue weighted by atomic mass is 10.1. The maximum Gasteiger partial charge on any atom is 0.285 e. The lowest BCUT2D eigenvalue weighted by Gasteiger charge is -2.16. The standard InChI is InChI=1S/C25H19ClN2O3S2/c1-16-4-2-3-5-21(16)23(29)27-28-24(30)22(33-25(28)32)14-17-8-12-20(13-9-17)31-15-18-6-10-19(26)11-7-18/h2-14H,15H2,1H3,(H,27,29)/b22-14-. The van der Waals surface area contributed by atoms with Gasteiger partial charge in [0.05, 0.1) is 4.91 Å². The molecule has 1 aliphatic rings. The molecule has 1 N–H and O–H groups in total. The van der Waals surface area contributed by atoms with Gasteiger partial charge in [-0.3, -0.25) is 15.0 Å². The number of thioether (sulfide) groups is 1. The van der Waals surface area contributed by atoms with Gasteiger partial charge >= 0.3 is 0 Å². The number of halogens is 1. The highest BCUT2D eigenvalue weighted by Gasteiger charge is 2.33. The van der Waals surface area contributed by atoms with Crippen molar-refractivity contribution in [3.8, 4) is 5.75 Å². The van der Waals surface area contributed by atoms with Gasteiger partial charge in [0.15, 0.2) is 4.32 Å². The normalized spacial score (nSPS) is 14.6. The molecule has 1 aliphatic heterocycles. The van der Waals surface area contributed by atoms with Gasteiger partial charge < -0.3 is 4.74 Å². The Morgan fingerprint density at radius 3 is 2.48 bits per heavy atom. The Kier molecular flexibility index (Phi) is 7.13. The SMILES string of the molecule is Cc1ccccc1C(=O)NN1C(=O)/C(=C/c2ccc(OCc3ccc(Cl)cc3)cc2)SC1=S. The molecule has 3 aromatic rings. The van der Waals surface area contributed by atoms with Crippen LogP contribution in [0, 0.1) is 6.92 Å². The molecule has 4 rings (SSSR count). The Morgan fingerprint density at radius 2 is 1.79 bits per heavy atom. The summed E-state index contributed by atoms with van der Waals surface area (Å²) >= 11 is 12.3. The zero-order valence-electron chi connectivity index (χ0n) is 17.6. The average molecular weight is 495 g/mol. The van der Waals surface area contributed by atoms with Gasteiger partial charge in [-0.2, -0.15) is 5.01 Å². The highest BCUT2D eigenvalue weighted by molar-refractivity contribution is 8.26. The smallest absolute Gasteiger partial charge is 0.285 e. The van der Waals surface area contributed by atoms with Crippen LogP contribution in [0.25, 0.3) is 6.08 Å². The molecule has 2 amide bonds. The number of thiocarbonyl (C=S) groups is 1. The number of nitrogens with zero attached hydrogens (tertiary/aromatic N) is 1. The lowest BCUT2D eigenvalue weighted by Crippen LogP contribution is -2.45. The number of carbonyl (C=O) groups excluding carboxylic acids is 2. The molecule has 0 saturated carbocycles. The number of ether oxygens (including phenoxy) is 1. The second-order valence-corrected chi connectivity index (χ2v) is 9.37. The molecule has 5 nitrogen and oxygen atoms in total. The van der Waals surface area contributed by atoms with Crippen molar-refractivity contribution >= 4 is 57.8 Å². The zero-order chi connectivity index (χ0) is 23.4. The maximum atomic E-state index is 12.8. The van der Waals surface area contributed by atoms with Crippen molar-refractivity contribution in [2.45, 2.75) is 13.5 Å². The van der Waals surface area contributed by atoms with Crippen molar-refractivity contribution in [1.29, 1.82) is 0 Å². The van der Waals surface area contributed by atoms with Crippen LogP contribution >= 0.6 is 35.6 Å². The quantitative estimate of drug-likeness (QED) is 0.348. The molecule has 0 aromatic heterocycles. The van der Waals surface area contributed by atoms with E-state index in [9.17, 15) is 9.59 Å². The van der Waals surface area contributed by atoms with Gasteiger partial charge in [0.25, 0.3) is 11.8 Å². The fourth-order valence-electron chi connectivity index (χ4n) is 3.11. The Balaban J connectivity index is 1.40. The van der Waals surface area contributed by atoms with Crippen molar-refractivity contribution in [2.24, 2.45) is 0 Å². The first-order valence-electron chi connectivity index (χ1n) is 10.0. The summed E-state index contributed by atoms with van der Waals surface area (Å²) in [5.74, 6) is -0.0389. The third kappa shape index (κ3) is 5.63. The number of carbonyl (C=O) groups is 2. The minimum Gasteiger partial charge on any atom is -0.489 e. The van der Waals surface area contributed by atoms with E-state index in [1.807, 2.05) is 67.6 Å². The molecular weight excluding hydrogens is 476 g/mol. The summed E-state index contributed by atoms with van der Waals surface area (Å²) in [5.41, 5.74) is 5.75. The van der Waals surface area contributed by atoms with E-state index in [1.54, 1.807) is 18.2 Å². The number of aryl methyl sites for hydroxylation is 1. The number of nitrogens with one attached hydrogen (secondary N) is 1. The second-order valence-electron chi connectivity index (χ2n) is 7.26. The molecular formula is C25H19ClN2O3S2. The van der Waals surface area contributed by atoms with E-state index in [4.69, 9.17) is 28.6 Å². The van der Waals surface area contributed by atoms with Crippen LogP contribution in [-0.4, -0.2) is 21.1 Å². The molecule has 1 saturated heterocycles. The predicted molar refractivity (Wildman–Crippen MR) is 136 cm³/mol. The molecule has 33 heavy (non-hydrogen) atoms. The molecule has 3 aromatic carbocycles. The minimum atomic E-state index is -0.382. The monoisotopic (exact) mass is 494 g/mol. The van der Waals surface area contributed by atoms with Gasteiger partial charge in [0.2, 0.25) is 0 Å². The first-order valence-corrected chi connectivity index (χ1v) is 11.6. The van der Waals surface area contributed by atoms with E-state index < -0.39 is 0 Å². The molecule has 1 fully saturated rings. The Bertz CT molecular complexity index is 1240. The first-order chi connectivity index (χ1) is 15.9. The van der Waals surface area contributed by atoms with E-state index in [0.29, 0.717) is 27.8 Å². The van der Waals surface area contributed by atoms with Crippen LogP contribution in [0.4, 0.5) is 0 Å². The van der Waals surface area contributed by atoms with Crippen molar-refractivity contribution in [3.05, 3.63) is 105 Å². The van der Waals surface area contributed by atoms with E-state index in [-0.39, 0.29) is 16.1 Å². The second kappa shape index (κ2) is 10.2. The zero-order valence-corrected chi connectivity index (χ0v) is 20.0. The van der Waals surface area contributed by atoms with Crippen LogP contribution in [0.2, 0.25) is 5.02 Å². The minimum absolute atomic E-state index is 0.274. The van der Waals surface area contributed by atoms with Crippen LogP contribution < -0.4 is 10.2 Å². The predicted octanol–water partition coefficient (Wildman–Crippen LogP) is 5.77. The van der Waals surface area contributed by atoms with Crippen molar-refractivity contribution in [1.82, 2.24) is 10.4 Å². The molecule has 166 valence electrons. The number of amides is 2. The fraction of sp³-hybridized carbons (Fsp3) is 0.0800. The summed E-state index contributed by atoms with van der Waals surface area (Å²) in [7, 11) is 0. The Labute approximate surface area is 206 Å². The number of hydrogen-bond donors (Lipinski definition) is 1. The topological polar surface area (TPSA) is 58.6 Å². The van der Waals surface area contributed by atoms with Crippen LogP contribution in [0.1, 0.15) is 27.0 Å². The van der Waals surface area contributed by atoms with E-state index in [2.05, 4.69) is 5.43 Å². The number of rotatable bonds is 6. The summed E-state index contributed by atoms with van der Waals surface area (Å²) in [6.45, 7) is 2.26. The van der Waals surface area contributed by atoms with Crippen molar-refractivity contribution in [2.75, 3.05) is 0 Å². The Morgan fingerprint density at radius 1 is 1.09 bits per heavy atom. The fourth-order valence-corrected chi connectivity index (χ4v) is 4.42. The van der Waals surface area contributed by atoms with E-state index >= 15 is 0 Å². The highest BCUT2D eigenvalue weighted by atomic mass is 35.5. The molecule has 0 atom stereocenters. The number of hydrazine groups is 1. The van der Waals surface area contributed by atoms with Gasteiger partial charge in [-0.05, 0) is 72.2 Å². The maximum absolute atomic E-state index is 12.8. The summed E-state index contributed by atoms with van der Waals surface area (Å²) in [6, 6.07) is 22.0. The molecule has 8 heteroatoms. The molecule has 0 radical (unpaired) electrons. The Hall–Kier alpha value is -3.13. The molecule has 0 aliphatic carbocycles. The highest BCUT2D eigenvalue weighted by Crippen LogP contribution is 2.32. The summed E-state index contributed by atoms with van der Waals surface area (Å²) in [6.07, 6.45) is 1.74. The summed E-state index contributed by atoms with van der Waals surface area (Å²) in [4.78, 5) is 25.8. The van der Waals surface area contributed by atoms with E-state index in [1.165, 1.54) is 0 Å². The largest absolute Gasteiger partial charge is 0.489 e. The first kappa shape index (κ1) is 23.0. The van der Waals surface area contributed by atoms with Crippen molar-refractivity contribution in [3.63, 3.8) is 0 Å². The summed E-state index contributed by atoms with van der Waals surface area (Å²) in [5, 5.41) is 1.80. The molecule has 1 heterocycles. The van der Waals surface area contributed by atoms with Gasteiger partial charge in [-0.25, -0.2) is 0 Å². The van der Waals surface area contributed by atoms with E-state index in [0.717, 1.165) is 33.5 Å². The van der Waals surface area contributed by atoms with Gasteiger partial charge in [-0.1, -0.05) is 65.8 Å². The third-order valence-electron chi connectivity index (χ3n) is 4.89. The lowest BCUT2D eigenvalue weighted by molar-refractivity contribution is -0.123. The van der Waals surface area contributed by atoms with Crippen molar-refractivity contribution < 1.29 is 14.3 Å². The van der Waals surface area contributed by atoms with Crippen LogP contribution in [0.5, 0.6) is 5.75 Å². The molecule has 0 spiro atoms. The van der Waals surface area contributed by atoms with Gasteiger partial charge in [-0.15, -0.1) is 0 Å². The summed E-state index contributed by atoms with van der Waals surface area (Å²) < 4.78 is 6.07. The van der Waals surface area contributed by atoms with Crippen LogP contribution in [-0.2, 0) is 11.4 Å². The number of benzene rings is 3. The third-order valence-corrected chi connectivity index (χ3v) is 6.45. The van der Waals surface area contributed by atoms with Gasteiger partial charge in [0.1, 0.15) is 12.4 Å². The number of hydrogen-bond acceptors (Lipinski definition) is 5. The molecule has 0 unspecified atom stereocenters. The molecule has 0 bridgehead atoms.